The fourth-order valence-electron chi connectivity index (χ4n) is 3.56. The molecule has 2 fully saturated rings. The topological polar surface area (TPSA) is 83.2 Å². The average molecular weight is 339 g/mol. The summed E-state index contributed by atoms with van der Waals surface area (Å²) < 4.78 is 5.04. The molecule has 7 heteroatoms. The van der Waals surface area contributed by atoms with E-state index >= 15 is 0 Å². The summed E-state index contributed by atoms with van der Waals surface area (Å²) in [6.45, 7) is 8.90. The minimum atomic E-state index is -0.213. The number of likely N-dealkylation sites (N-methyl/N-ethyl adjacent to an activating group) is 1. The number of likely N-dealkylation sites (tertiary alicyclic amines) is 2. The van der Waals surface area contributed by atoms with Crippen molar-refractivity contribution in [3.63, 3.8) is 0 Å². The van der Waals surface area contributed by atoms with Crippen molar-refractivity contribution < 1.29 is 9.53 Å². The zero-order valence-corrected chi connectivity index (χ0v) is 15.2. The van der Waals surface area contributed by atoms with Gasteiger partial charge in [0.25, 0.3) is 0 Å². The highest BCUT2D eigenvalue weighted by Gasteiger charge is 2.24. The summed E-state index contributed by atoms with van der Waals surface area (Å²) in [5.74, 6) is 0.534. The number of ether oxygens (including phenoxy) is 1. The van der Waals surface area contributed by atoms with Gasteiger partial charge in [-0.25, -0.2) is 4.79 Å². The summed E-state index contributed by atoms with van der Waals surface area (Å²) >= 11 is 0. The van der Waals surface area contributed by atoms with Crippen LogP contribution in [0.3, 0.4) is 0 Å². The van der Waals surface area contributed by atoms with Crippen LogP contribution >= 0.6 is 0 Å². The van der Waals surface area contributed by atoms with Crippen LogP contribution in [-0.4, -0.2) is 73.3 Å². The Balaban J connectivity index is 1.72. The second-order valence-electron chi connectivity index (χ2n) is 6.61. The van der Waals surface area contributed by atoms with Gasteiger partial charge in [0.2, 0.25) is 0 Å². The van der Waals surface area contributed by atoms with Gasteiger partial charge in [-0.1, -0.05) is 13.3 Å². The van der Waals surface area contributed by atoms with Crippen LogP contribution in [0.25, 0.3) is 0 Å². The second-order valence-corrected chi connectivity index (χ2v) is 6.61. The molecule has 1 amide bonds. The van der Waals surface area contributed by atoms with Crippen LogP contribution in [0.5, 0.6) is 0 Å². The number of nitrogens with one attached hydrogen (secondary N) is 1. The first kappa shape index (κ1) is 18.8. The van der Waals surface area contributed by atoms with E-state index in [1.165, 1.54) is 25.8 Å². The van der Waals surface area contributed by atoms with E-state index in [0.29, 0.717) is 31.7 Å². The minimum absolute atomic E-state index is 0.213. The Morgan fingerprint density at radius 1 is 1.21 bits per heavy atom. The lowest BCUT2D eigenvalue weighted by Gasteiger charge is -2.34. The average Bonchev–Trinajstić information content (AvgIpc) is 2.61. The number of piperidine rings is 2. The first-order chi connectivity index (χ1) is 11.6. The molecule has 0 bridgehead atoms. The molecule has 138 valence electrons. The van der Waals surface area contributed by atoms with E-state index in [1.807, 2.05) is 6.92 Å². The Morgan fingerprint density at radius 3 is 2.62 bits per heavy atom. The lowest BCUT2D eigenvalue weighted by Crippen LogP contribution is -2.49. The number of aliphatic imine (C=N–C) groups is 1. The maximum Gasteiger partial charge on any atom is 0.409 e. The summed E-state index contributed by atoms with van der Waals surface area (Å²) in [7, 11) is 0. The molecule has 1 unspecified atom stereocenters. The van der Waals surface area contributed by atoms with Crippen molar-refractivity contribution in [3.05, 3.63) is 0 Å². The van der Waals surface area contributed by atoms with Gasteiger partial charge in [-0.2, -0.15) is 0 Å². The van der Waals surface area contributed by atoms with Crippen LogP contribution in [-0.2, 0) is 4.74 Å². The first-order valence-electron chi connectivity index (χ1n) is 9.36. The highest BCUT2D eigenvalue weighted by atomic mass is 16.6. The van der Waals surface area contributed by atoms with Crippen molar-refractivity contribution in [2.45, 2.75) is 58.0 Å². The molecule has 2 aliphatic heterocycles. The quantitative estimate of drug-likeness (QED) is 0.584. The second kappa shape index (κ2) is 9.71. The summed E-state index contributed by atoms with van der Waals surface area (Å²) in [6.07, 6.45) is 5.33. The number of nitrogens with zero attached hydrogens (tertiary/aromatic N) is 3. The number of carbonyl (C=O) groups excluding carboxylic acids is 1. The highest BCUT2D eigenvalue weighted by Crippen LogP contribution is 2.16. The van der Waals surface area contributed by atoms with Crippen molar-refractivity contribution in [3.8, 4) is 0 Å². The normalized spacial score (nSPS) is 24.0. The molecule has 2 aliphatic rings. The standard InChI is InChI=1S/C17H33N5O2/c1-3-21-10-6-5-7-15(21)13-19-16(18)20-14-8-11-22(12-9-14)17(23)24-4-2/h14-15H,3-13H2,1-2H3,(H3,18,19,20). The van der Waals surface area contributed by atoms with Gasteiger partial charge in [-0.05, 0) is 45.7 Å². The van der Waals surface area contributed by atoms with Crippen LogP contribution in [0.1, 0.15) is 46.0 Å². The van der Waals surface area contributed by atoms with Crippen LogP contribution in [0.2, 0.25) is 0 Å². The number of guanidine groups is 1. The lowest BCUT2D eigenvalue weighted by atomic mass is 10.0. The molecule has 0 aromatic heterocycles. The molecule has 0 aromatic carbocycles. The molecule has 0 aromatic rings. The molecule has 0 saturated carbocycles. The van der Waals surface area contributed by atoms with Gasteiger partial charge in [0, 0.05) is 25.2 Å². The summed E-state index contributed by atoms with van der Waals surface area (Å²) in [5.41, 5.74) is 6.07. The smallest absolute Gasteiger partial charge is 0.409 e. The van der Waals surface area contributed by atoms with Crippen molar-refractivity contribution in [2.24, 2.45) is 10.7 Å². The van der Waals surface area contributed by atoms with E-state index in [-0.39, 0.29) is 12.1 Å². The zero-order chi connectivity index (χ0) is 17.4. The molecule has 3 N–H and O–H groups in total. The Bertz CT molecular complexity index is 421. The third kappa shape index (κ3) is 5.54. The summed E-state index contributed by atoms with van der Waals surface area (Å²) in [5, 5.41) is 3.31. The maximum atomic E-state index is 11.7. The predicted octanol–water partition coefficient (Wildman–Crippen LogP) is 1.39. The van der Waals surface area contributed by atoms with E-state index in [0.717, 1.165) is 25.9 Å². The minimum Gasteiger partial charge on any atom is -0.450 e. The highest BCUT2D eigenvalue weighted by molar-refractivity contribution is 5.78. The predicted molar refractivity (Wildman–Crippen MR) is 96.1 cm³/mol. The fourth-order valence-corrected chi connectivity index (χ4v) is 3.56. The first-order valence-corrected chi connectivity index (χ1v) is 9.36. The van der Waals surface area contributed by atoms with Gasteiger partial charge in [-0.15, -0.1) is 0 Å². The largest absolute Gasteiger partial charge is 0.450 e. The third-order valence-corrected chi connectivity index (χ3v) is 5.00. The van der Waals surface area contributed by atoms with Crippen LogP contribution < -0.4 is 11.1 Å². The number of amides is 1. The molecule has 2 rings (SSSR count). The SMILES string of the molecule is CCOC(=O)N1CCC(NC(N)=NCC2CCCCN2CC)CC1. The molecule has 2 heterocycles. The van der Waals surface area contributed by atoms with Gasteiger partial charge in [0.05, 0.1) is 13.2 Å². The van der Waals surface area contributed by atoms with Crippen LogP contribution in [0, 0.1) is 0 Å². The summed E-state index contributed by atoms with van der Waals surface area (Å²) in [6, 6.07) is 0.808. The van der Waals surface area contributed by atoms with E-state index < -0.39 is 0 Å². The number of nitrogens with two attached hydrogens (primary N) is 1. The van der Waals surface area contributed by atoms with Crippen molar-refractivity contribution in [2.75, 3.05) is 39.3 Å². The lowest BCUT2D eigenvalue weighted by molar-refractivity contribution is 0.0963. The zero-order valence-electron chi connectivity index (χ0n) is 15.2. The van der Waals surface area contributed by atoms with Crippen LogP contribution in [0.15, 0.2) is 4.99 Å². The summed E-state index contributed by atoms with van der Waals surface area (Å²) in [4.78, 5) is 20.5. The Hall–Kier alpha value is -1.50. The van der Waals surface area contributed by atoms with E-state index in [1.54, 1.807) is 4.90 Å². The van der Waals surface area contributed by atoms with Gasteiger partial charge >= 0.3 is 6.09 Å². The third-order valence-electron chi connectivity index (χ3n) is 5.00. The van der Waals surface area contributed by atoms with Crippen LogP contribution in [0.4, 0.5) is 4.79 Å². The van der Waals surface area contributed by atoms with Gasteiger partial charge in [0.15, 0.2) is 5.96 Å². The number of hydrogen-bond acceptors (Lipinski definition) is 4. The fraction of sp³-hybridized carbons (Fsp3) is 0.882. The number of hydrogen-bond donors (Lipinski definition) is 2. The molecule has 0 spiro atoms. The van der Waals surface area contributed by atoms with E-state index in [9.17, 15) is 4.79 Å². The maximum absolute atomic E-state index is 11.7. The van der Waals surface area contributed by atoms with Gasteiger partial charge in [-0.3, -0.25) is 9.89 Å². The van der Waals surface area contributed by atoms with Gasteiger partial charge < -0.3 is 20.7 Å². The van der Waals surface area contributed by atoms with Crippen molar-refractivity contribution in [1.82, 2.24) is 15.1 Å². The monoisotopic (exact) mass is 339 g/mol. The number of carbonyl (C=O) groups is 1. The van der Waals surface area contributed by atoms with Crippen molar-refractivity contribution >= 4 is 12.1 Å². The van der Waals surface area contributed by atoms with E-state index in [4.69, 9.17) is 10.5 Å². The van der Waals surface area contributed by atoms with Gasteiger partial charge in [0.1, 0.15) is 0 Å². The molecule has 2 saturated heterocycles. The Labute approximate surface area is 145 Å². The van der Waals surface area contributed by atoms with E-state index in [2.05, 4.69) is 22.1 Å². The Kier molecular flexibility index (Phi) is 7.62. The molecular formula is C17H33N5O2. The molecule has 0 aliphatic carbocycles. The molecule has 0 radical (unpaired) electrons. The Morgan fingerprint density at radius 2 is 1.96 bits per heavy atom. The van der Waals surface area contributed by atoms with Crippen molar-refractivity contribution in [1.29, 1.82) is 0 Å². The molecule has 7 nitrogen and oxygen atoms in total. The molecule has 24 heavy (non-hydrogen) atoms. The molecular weight excluding hydrogens is 306 g/mol. The molecule has 1 atom stereocenters. The number of rotatable bonds is 5.